The first-order valence-electron chi connectivity index (χ1n) is 5.74. The predicted octanol–water partition coefficient (Wildman–Crippen LogP) is 1.66. The van der Waals surface area contributed by atoms with Gasteiger partial charge in [-0.1, -0.05) is 18.3 Å². The fourth-order valence-electron chi connectivity index (χ4n) is 1.39. The van der Waals surface area contributed by atoms with Crippen molar-refractivity contribution in [3.8, 4) is 0 Å². The van der Waals surface area contributed by atoms with Gasteiger partial charge in [-0.2, -0.15) is 0 Å². The fraction of sp³-hybridized carbons (Fsp3) is 0.364. The summed E-state index contributed by atoms with van der Waals surface area (Å²) in [7, 11) is 0. The normalized spacial score (nSPS) is 10.3. The van der Waals surface area contributed by atoms with Gasteiger partial charge in [-0.25, -0.2) is 9.97 Å². The van der Waals surface area contributed by atoms with Gasteiger partial charge in [-0.05, 0) is 6.42 Å². The molecule has 0 bridgehead atoms. The lowest BCUT2D eigenvalue weighted by atomic mass is 10.4. The molecule has 3 N–H and O–H groups in total. The molecule has 0 saturated carbocycles. The van der Waals surface area contributed by atoms with Gasteiger partial charge in [0, 0.05) is 23.7 Å². The Morgan fingerprint density at radius 2 is 2.11 bits per heavy atom. The van der Waals surface area contributed by atoms with Crippen molar-refractivity contribution in [2.75, 3.05) is 17.2 Å². The zero-order chi connectivity index (χ0) is 12.8. The van der Waals surface area contributed by atoms with Crippen molar-refractivity contribution in [1.29, 1.82) is 0 Å². The fourth-order valence-corrected chi connectivity index (χ4v) is 1.97. The number of nitrogens with zero attached hydrogens (tertiary/aromatic N) is 2. The third kappa shape index (κ3) is 3.56. The van der Waals surface area contributed by atoms with Crippen LogP contribution >= 0.6 is 11.3 Å². The quantitative estimate of drug-likeness (QED) is 0.740. The number of hydrogen-bond acceptors (Lipinski definition) is 6. The summed E-state index contributed by atoms with van der Waals surface area (Å²) in [5.41, 5.74) is 0.853. The maximum atomic E-state index is 11.0. The Balaban J connectivity index is 1.94. The molecule has 0 atom stereocenters. The predicted molar refractivity (Wildman–Crippen MR) is 73.1 cm³/mol. The van der Waals surface area contributed by atoms with Gasteiger partial charge in [-0.3, -0.25) is 4.79 Å². The number of H-pyrrole nitrogens is 1. The molecule has 0 saturated heterocycles. The van der Waals surface area contributed by atoms with Crippen molar-refractivity contribution in [2.24, 2.45) is 0 Å². The van der Waals surface area contributed by atoms with Crippen LogP contribution in [0.25, 0.3) is 0 Å². The van der Waals surface area contributed by atoms with E-state index in [2.05, 4.69) is 32.5 Å². The third-order valence-electron chi connectivity index (χ3n) is 2.25. The largest absolute Gasteiger partial charge is 0.370 e. The molecule has 0 aliphatic rings. The smallest absolute Gasteiger partial charge is 0.304 e. The first-order valence-corrected chi connectivity index (χ1v) is 6.62. The average Bonchev–Trinajstić information content (AvgIpc) is 2.80. The van der Waals surface area contributed by atoms with E-state index in [-0.39, 0.29) is 4.87 Å². The Morgan fingerprint density at radius 1 is 1.33 bits per heavy atom. The van der Waals surface area contributed by atoms with E-state index in [9.17, 15) is 4.79 Å². The van der Waals surface area contributed by atoms with Gasteiger partial charge in [0.05, 0.1) is 6.54 Å². The molecule has 0 radical (unpaired) electrons. The summed E-state index contributed by atoms with van der Waals surface area (Å²) in [5.74, 6) is 1.53. The maximum Gasteiger partial charge on any atom is 0.304 e. The van der Waals surface area contributed by atoms with Gasteiger partial charge in [0.2, 0.25) is 0 Å². The van der Waals surface area contributed by atoms with Crippen LogP contribution in [0.5, 0.6) is 0 Å². The number of hydrogen-bond donors (Lipinski definition) is 3. The summed E-state index contributed by atoms with van der Waals surface area (Å²) in [6, 6.07) is 1.85. The van der Waals surface area contributed by atoms with Gasteiger partial charge in [-0.15, -0.1) is 0 Å². The molecule has 2 rings (SSSR count). The molecule has 2 heterocycles. The molecule has 2 aromatic heterocycles. The molecule has 7 heteroatoms. The van der Waals surface area contributed by atoms with Gasteiger partial charge in [0.25, 0.3) is 0 Å². The molecular weight excluding hydrogens is 250 g/mol. The van der Waals surface area contributed by atoms with Crippen LogP contribution in [0.3, 0.4) is 0 Å². The van der Waals surface area contributed by atoms with Crippen molar-refractivity contribution in [3.05, 3.63) is 33.1 Å². The van der Waals surface area contributed by atoms with Gasteiger partial charge in [0.1, 0.15) is 18.0 Å². The minimum Gasteiger partial charge on any atom is -0.370 e. The Labute approximate surface area is 109 Å². The lowest BCUT2D eigenvalue weighted by molar-refractivity contribution is 0.962. The Hall–Kier alpha value is -1.89. The van der Waals surface area contributed by atoms with Crippen LogP contribution in [-0.2, 0) is 6.54 Å². The van der Waals surface area contributed by atoms with E-state index in [0.29, 0.717) is 6.54 Å². The summed E-state index contributed by atoms with van der Waals surface area (Å²) >= 11 is 1.16. The van der Waals surface area contributed by atoms with E-state index < -0.39 is 0 Å². The second kappa shape index (κ2) is 6.15. The minimum atomic E-state index is -0.0419. The Morgan fingerprint density at radius 3 is 2.78 bits per heavy atom. The molecule has 0 aliphatic carbocycles. The SMILES string of the molecule is CCCNc1cc(NCc2csc(=O)[nH]2)ncn1. The molecule has 0 aliphatic heterocycles. The monoisotopic (exact) mass is 265 g/mol. The van der Waals surface area contributed by atoms with E-state index in [0.717, 1.165) is 41.6 Å². The zero-order valence-electron chi connectivity index (χ0n) is 10.1. The molecule has 0 amide bonds. The number of aromatic nitrogens is 3. The van der Waals surface area contributed by atoms with Crippen LogP contribution < -0.4 is 15.5 Å². The Bertz CT molecular complexity index is 550. The van der Waals surface area contributed by atoms with E-state index in [1.807, 2.05) is 6.07 Å². The van der Waals surface area contributed by atoms with Crippen molar-refractivity contribution in [1.82, 2.24) is 15.0 Å². The number of thiazole rings is 1. The van der Waals surface area contributed by atoms with E-state index in [1.54, 1.807) is 5.38 Å². The standard InChI is InChI=1S/C11H15N5OS/c1-2-3-12-9-4-10(15-7-14-9)13-5-8-6-18-11(17)16-8/h4,6-7H,2-3,5H2,1H3,(H,16,17)(H2,12,13,14,15). The highest BCUT2D eigenvalue weighted by molar-refractivity contribution is 7.07. The highest BCUT2D eigenvalue weighted by Gasteiger charge is 2.00. The van der Waals surface area contributed by atoms with Crippen LogP contribution in [0.15, 0.2) is 22.6 Å². The summed E-state index contributed by atoms with van der Waals surface area (Å²) in [4.78, 5) is 21.9. The van der Waals surface area contributed by atoms with E-state index in [4.69, 9.17) is 0 Å². The molecule has 18 heavy (non-hydrogen) atoms. The van der Waals surface area contributed by atoms with Crippen LogP contribution in [0, 0.1) is 0 Å². The van der Waals surface area contributed by atoms with Crippen LogP contribution in [0.1, 0.15) is 19.0 Å². The molecule has 2 aromatic rings. The van der Waals surface area contributed by atoms with Crippen LogP contribution in [0.4, 0.5) is 11.6 Å². The van der Waals surface area contributed by atoms with Crippen LogP contribution in [0.2, 0.25) is 0 Å². The van der Waals surface area contributed by atoms with E-state index in [1.165, 1.54) is 6.33 Å². The summed E-state index contributed by atoms with van der Waals surface area (Å²) in [6.07, 6.45) is 2.56. The molecule has 6 nitrogen and oxygen atoms in total. The molecule has 96 valence electrons. The second-order valence-electron chi connectivity index (χ2n) is 3.74. The van der Waals surface area contributed by atoms with Gasteiger partial charge < -0.3 is 15.6 Å². The third-order valence-corrected chi connectivity index (χ3v) is 2.97. The van der Waals surface area contributed by atoms with Gasteiger partial charge in [0.15, 0.2) is 0 Å². The number of aromatic amines is 1. The molecular formula is C11H15N5OS. The van der Waals surface area contributed by atoms with Crippen LogP contribution in [-0.4, -0.2) is 21.5 Å². The molecule has 0 spiro atoms. The molecule has 0 aromatic carbocycles. The highest BCUT2D eigenvalue weighted by Crippen LogP contribution is 2.09. The van der Waals surface area contributed by atoms with E-state index >= 15 is 0 Å². The highest BCUT2D eigenvalue weighted by atomic mass is 32.1. The molecule has 0 fully saturated rings. The number of nitrogens with one attached hydrogen (secondary N) is 3. The Kier molecular flexibility index (Phi) is 4.30. The van der Waals surface area contributed by atoms with Crippen molar-refractivity contribution in [2.45, 2.75) is 19.9 Å². The van der Waals surface area contributed by atoms with Gasteiger partial charge >= 0.3 is 4.87 Å². The maximum absolute atomic E-state index is 11.0. The first-order chi connectivity index (χ1) is 8.78. The minimum absolute atomic E-state index is 0.0419. The summed E-state index contributed by atoms with van der Waals surface area (Å²) in [5, 5.41) is 8.13. The van der Waals surface area contributed by atoms with Crippen molar-refractivity contribution in [3.63, 3.8) is 0 Å². The lowest BCUT2D eigenvalue weighted by Gasteiger charge is -2.06. The first kappa shape index (κ1) is 12.6. The average molecular weight is 265 g/mol. The second-order valence-corrected chi connectivity index (χ2v) is 4.58. The number of anilines is 2. The summed E-state index contributed by atoms with van der Waals surface area (Å²) in [6.45, 7) is 3.53. The summed E-state index contributed by atoms with van der Waals surface area (Å²) < 4.78 is 0. The number of rotatable bonds is 6. The molecule has 0 unspecified atom stereocenters. The lowest BCUT2D eigenvalue weighted by Crippen LogP contribution is -2.06. The van der Waals surface area contributed by atoms with Crippen molar-refractivity contribution >= 4 is 23.0 Å². The topological polar surface area (TPSA) is 82.7 Å². The van der Waals surface area contributed by atoms with Crippen molar-refractivity contribution < 1.29 is 0 Å². The zero-order valence-corrected chi connectivity index (χ0v) is 10.9.